The number of benzene rings is 1. The van der Waals surface area contributed by atoms with Crippen molar-refractivity contribution in [2.24, 2.45) is 71.0 Å². The maximum atomic E-state index is 5.19. The van der Waals surface area contributed by atoms with Gasteiger partial charge in [-0.05, 0) is 95.8 Å². The quantitative estimate of drug-likeness (QED) is 0.0425. The van der Waals surface area contributed by atoms with E-state index in [2.05, 4.69) is 349 Å². The van der Waals surface area contributed by atoms with Crippen LogP contribution < -0.4 is 0 Å². The standard InChI is InChI=1S/C8H16.C8H10.5C6H12O2.2C5H10O2.6C5H10.4C4H12Si/c2*1-2-8-6-4-3-5-7-8;5*1-5(2)3-7-6-4-8-6;2*1-2-3-6-5-4-7-5;6*1-4-5(2)3;4*1-5(2,3)4/h8H,2-7H2,1H3;3-7H,2H2,1H3;5*5-6H,3-4H2,1-2H3;2*5H,2-4H2,1H3;6*4-5H,1H2,2-3H3;4*1-4H3. The van der Waals surface area contributed by atoms with Crippen LogP contribution in [-0.4, -0.2) is 169 Å². The summed E-state index contributed by atoms with van der Waals surface area (Å²) in [6.45, 7) is 125. The first-order valence-corrected chi connectivity index (χ1v) is 62.7. The molecule has 1 aromatic rings. The van der Waals surface area contributed by atoms with Gasteiger partial charge >= 0.3 is 0 Å². The van der Waals surface area contributed by atoms with Crippen LogP contribution in [0.5, 0.6) is 0 Å². The van der Waals surface area contributed by atoms with Gasteiger partial charge in [-0.25, -0.2) is 0 Å². The molecule has 9 rings (SSSR count). The molecule has 722 valence electrons. The van der Waals surface area contributed by atoms with Crippen molar-refractivity contribution in [3.63, 3.8) is 0 Å². The lowest BCUT2D eigenvalue weighted by Crippen LogP contribution is -2.10. The number of aryl methyl sites for hydroxylation is 1. The largest absolute Gasteiger partial charge is 0.350 e. The molecule has 7 atom stereocenters. The fourth-order valence-electron chi connectivity index (χ4n) is 5.26. The van der Waals surface area contributed by atoms with Crippen LogP contribution in [0.25, 0.3) is 0 Å². The molecule has 14 nitrogen and oxygen atoms in total. The summed E-state index contributed by atoms with van der Waals surface area (Å²) in [5, 5.41) is 0. The number of hydrogen-bond acceptors (Lipinski definition) is 14. The Bertz CT molecular complexity index is 1900. The first kappa shape index (κ1) is 138. The smallest absolute Gasteiger partial charge is 0.181 e. The van der Waals surface area contributed by atoms with Crippen molar-refractivity contribution >= 4 is 32.3 Å². The van der Waals surface area contributed by atoms with Crippen LogP contribution in [0.4, 0.5) is 0 Å². The van der Waals surface area contributed by atoms with E-state index in [-0.39, 0.29) is 44.0 Å². The third-order valence-corrected chi connectivity index (χ3v) is 12.6. The van der Waals surface area contributed by atoms with Gasteiger partial charge < -0.3 is 66.3 Å². The van der Waals surface area contributed by atoms with Crippen molar-refractivity contribution in [1.29, 1.82) is 0 Å². The fraction of sp³-hybridized carbons (Fsp3) is 0.824. The van der Waals surface area contributed by atoms with E-state index in [1.807, 2.05) is 42.5 Å². The van der Waals surface area contributed by atoms with Crippen LogP contribution in [0.2, 0.25) is 105 Å². The molecule has 1 saturated carbocycles. The molecule has 0 bridgehead atoms. The third-order valence-electron chi connectivity index (χ3n) is 12.6. The van der Waals surface area contributed by atoms with E-state index in [0.717, 1.165) is 118 Å². The maximum Gasteiger partial charge on any atom is 0.181 e. The molecule has 0 N–H and O–H groups in total. The van der Waals surface area contributed by atoms with E-state index in [0.29, 0.717) is 65.1 Å². The van der Waals surface area contributed by atoms with E-state index in [1.54, 1.807) is 0 Å². The average Bonchev–Trinajstić information content (AvgIpc) is 1.78. The molecule has 7 heterocycles. The minimum Gasteiger partial charge on any atom is -0.350 e. The Morgan fingerprint density at radius 3 is 0.550 bits per heavy atom. The minimum absolute atomic E-state index is 0.136. The fourth-order valence-corrected chi connectivity index (χ4v) is 5.26. The Hall–Kier alpha value is -2.03. The second-order valence-electron chi connectivity index (χ2n) is 41.3. The molecule has 1 aliphatic carbocycles. The SMILES string of the molecule is C=CC(C)C.C=CC(C)C.C=CC(C)C.C=CC(C)C.C=CC(C)C.C=CC(C)C.CC(C)COC1CO1.CC(C)COC1CO1.CC(C)COC1CO1.CC(C)COC1CO1.CC(C)COC1CO1.CCC1CCCCC1.CCCOC1CO1.CCCOC1CO1.CCc1ccccc1.C[Si](C)(C)C.C[Si](C)(C)C.C[Si](C)(C)C.C[Si](C)(C)C. The molecule has 0 aromatic heterocycles. The highest BCUT2D eigenvalue weighted by Gasteiger charge is 2.26. The molecule has 0 amide bonds. The van der Waals surface area contributed by atoms with Crippen LogP contribution >= 0.6 is 0 Å². The second-order valence-corrected chi connectivity index (χ2v) is 65.3. The average molecular weight is 1780 g/mol. The molecule has 7 aliphatic heterocycles. The first-order chi connectivity index (χ1) is 55.3. The van der Waals surface area contributed by atoms with Crippen LogP contribution in [0.1, 0.15) is 237 Å². The molecule has 7 saturated heterocycles. The predicted octanol–water partition coefficient (Wildman–Crippen LogP) is 30.6. The summed E-state index contributed by atoms with van der Waals surface area (Å²) < 4.78 is 69.9. The van der Waals surface area contributed by atoms with Crippen LogP contribution in [-0.2, 0) is 72.7 Å². The van der Waals surface area contributed by atoms with Gasteiger partial charge in [-0.1, -0.05) is 390 Å². The van der Waals surface area contributed by atoms with Crippen LogP contribution in [0.3, 0.4) is 0 Å². The Morgan fingerprint density at radius 2 is 0.450 bits per heavy atom. The van der Waals surface area contributed by atoms with Crippen LogP contribution in [0, 0.1) is 71.0 Å². The van der Waals surface area contributed by atoms with Gasteiger partial charge in [0.1, 0.15) is 46.2 Å². The van der Waals surface area contributed by atoms with Gasteiger partial charge in [0.05, 0.1) is 33.0 Å². The Morgan fingerprint density at radius 1 is 0.292 bits per heavy atom. The van der Waals surface area contributed by atoms with Crippen molar-refractivity contribution in [3.05, 3.63) is 112 Å². The lowest BCUT2D eigenvalue weighted by molar-refractivity contribution is 0.0342. The van der Waals surface area contributed by atoms with Crippen molar-refractivity contribution < 1.29 is 66.3 Å². The molecule has 1 aromatic carbocycles. The van der Waals surface area contributed by atoms with Crippen molar-refractivity contribution in [2.75, 3.05) is 92.5 Å². The lowest BCUT2D eigenvalue weighted by Gasteiger charge is -2.18. The van der Waals surface area contributed by atoms with Crippen molar-refractivity contribution in [3.8, 4) is 0 Å². The zero-order valence-corrected chi connectivity index (χ0v) is 92.0. The Balaban J connectivity index is -0.000000134. The summed E-state index contributed by atoms with van der Waals surface area (Å²) in [4.78, 5) is 0. The zero-order chi connectivity index (χ0) is 95.5. The molecule has 7 unspecified atom stereocenters. The minimum atomic E-state index is -0.611. The molecule has 0 radical (unpaired) electrons. The third kappa shape index (κ3) is 217. The van der Waals surface area contributed by atoms with Gasteiger partial charge in [0.15, 0.2) is 44.0 Å². The predicted molar refractivity (Wildman–Crippen MR) is 544 cm³/mol. The summed E-state index contributed by atoms with van der Waals surface area (Å²) in [5.74, 6) is 8.10. The highest BCUT2D eigenvalue weighted by molar-refractivity contribution is 6.75. The van der Waals surface area contributed by atoms with Crippen LogP contribution in [0.15, 0.2) is 106 Å². The van der Waals surface area contributed by atoms with E-state index >= 15 is 0 Å². The zero-order valence-electron chi connectivity index (χ0n) is 88.0. The molecule has 8 fully saturated rings. The van der Waals surface area contributed by atoms with Gasteiger partial charge in [-0.2, -0.15) is 0 Å². The number of epoxide rings is 7. The molecular formula is C102H214O14Si4. The summed E-state index contributed by atoms with van der Waals surface area (Å²) in [6, 6.07) is 10.5. The maximum absolute atomic E-state index is 5.19. The summed E-state index contributed by atoms with van der Waals surface area (Å²) in [7, 11) is -2.44. The van der Waals surface area contributed by atoms with Crippen molar-refractivity contribution in [2.45, 2.75) is 387 Å². The summed E-state index contributed by atoms with van der Waals surface area (Å²) >= 11 is 0. The van der Waals surface area contributed by atoms with Gasteiger partial charge in [-0.3, -0.25) is 0 Å². The molecule has 8 aliphatic rings. The molecule has 18 heteroatoms. The van der Waals surface area contributed by atoms with E-state index in [9.17, 15) is 0 Å². The van der Waals surface area contributed by atoms with Crippen molar-refractivity contribution in [1.82, 2.24) is 0 Å². The molecular weight excluding hydrogens is 1560 g/mol. The monoisotopic (exact) mass is 1780 g/mol. The Kier molecular flexibility index (Phi) is 107. The lowest BCUT2D eigenvalue weighted by atomic mass is 9.88. The molecule has 0 spiro atoms. The highest BCUT2D eigenvalue weighted by Crippen LogP contribution is 2.25. The topological polar surface area (TPSA) is 152 Å². The van der Waals surface area contributed by atoms with E-state index in [1.165, 1.54) is 44.1 Å². The second kappa shape index (κ2) is 93.1. The summed E-state index contributed by atoms with van der Waals surface area (Å²) in [5.41, 5.74) is 1.41. The van der Waals surface area contributed by atoms with Gasteiger partial charge in [-0.15, -0.1) is 39.5 Å². The van der Waals surface area contributed by atoms with Gasteiger partial charge in [0.25, 0.3) is 0 Å². The summed E-state index contributed by atoms with van der Waals surface area (Å²) in [6.07, 6.45) is 24.7. The number of hydrogen-bond donors (Lipinski definition) is 0. The number of allylic oxidation sites excluding steroid dienone is 6. The highest BCUT2D eigenvalue weighted by atomic mass is 28.3. The number of ether oxygens (including phenoxy) is 14. The van der Waals surface area contributed by atoms with E-state index in [4.69, 9.17) is 66.3 Å². The normalized spacial score (nSPS) is 18.5. The first-order valence-electron chi connectivity index (χ1n) is 46.7. The van der Waals surface area contributed by atoms with Gasteiger partial charge in [0, 0.05) is 45.5 Å². The van der Waals surface area contributed by atoms with E-state index < -0.39 is 32.3 Å². The van der Waals surface area contributed by atoms with Gasteiger partial charge in [0.2, 0.25) is 0 Å². The Labute approximate surface area is 756 Å². The molecule has 120 heavy (non-hydrogen) atoms. The number of rotatable bonds is 29.